The first-order valence-electron chi connectivity index (χ1n) is 10.5. The number of aromatic nitrogens is 3. The van der Waals surface area contributed by atoms with Gasteiger partial charge < -0.3 is 10.1 Å². The average Bonchev–Trinajstić information content (AvgIpc) is 3.39. The molecule has 0 bridgehead atoms. The number of fused-ring (bicyclic) bond motifs is 1. The summed E-state index contributed by atoms with van der Waals surface area (Å²) < 4.78 is 7.62. The Morgan fingerprint density at radius 1 is 1.35 bits per heavy atom. The lowest BCUT2D eigenvalue weighted by Crippen LogP contribution is -2.15. The van der Waals surface area contributed by atoms with Crippen molar-refractivity contribution in [1.29, 1.82) is 5.26 Å². The van der Waals surface area contributed by atoms with Gasteiger partial charge in [-0.25, -0.2) is 9.50 Å². The number of carbonyl (C=O) groups excluding carboxylic acids is 1. The Balaban J connectivity index is 1.40. The van der Waals surface area contributed by atoms with E-state index >= 15 is 0 Å². The molecule has 4 rings (SSSR count). The molecule has 0 unspecified atom stereocenters. The van der Waals surface area contributed by atoms with Crippen molar-refractivity contribution in [3.05, 3.63) is 51.9 Å². The van der Waals surface area contributed by atoms with Crippen LogP contribution in [-0.4, -0.2) is 26.6 Å². The number of amides is 1. The maximum atomic E-state index is 12.5. The number of nitrogens with zero attached hydrogens (tertiary/aromatic N) is 4. The molecule has 0 atom stereocenters. The fourth-order valence-corrected chi connectivity index (χ4v) is 4.30. The molecule has 0 aliphatic heterocycles. The Kier molecular flexibility index (Phi) is 6.10. The summed E-state index contributed by atoms with van der Waals surface area (Å²) in [5.74, 6) is 0.547. The molecule has 7 nitrogen and oxygen atoms in total. The van der Waals surface area contributed by atoms with E-state index in [4.69, 9.17) is 16.3 Å². The number of ether oxygens (including phenoxy) is 1. The summed E-state index contributed by atoms with van der Waals surface area (Å²) in [6, 6.07) is 7.45. The van der Waals surface area contributed by atoms with Crippen LogP contribution in [0.2, 0.25) is 5.02 Å². The SMILES string of the molecule is Cc1nc2c(C#N)cnn2c(C)c1CCC(=O)Nc1ccc(OC2CCCC2)c(Cl)c1. The highest BCUT2D eigenvalue weighted by Gasteiger charge is 2.18. The second-order valence-corrected chi connectivity index (χ2v) is 8.29. The molecule has 2 heterocycles. The van der Waals surface area contributed by atoms with Crippen molar-refractivity contribution in [2.24, 2.45) is 0 Å². The van der Waals surface area contributed by atoms with Crippen molar-refractivity contribution in [3.8, 4) is 11.8 Å². The highest BCUT2D eigenvalue weighted by atomic mass is 35.5. The molecule has 1 aromatic carbocycles. The van der Waals surface area contributed by atoms with Crippen LogP contribution in [0, 0.1) is 25.2 Å². The standard InChI is InChI=1S/C23H24ClN5O2/c1-14-19(15(2)29-23(27-14)16(12-25)13-26-29)8-10-22(30)28-17-7-9-21(20(24)11-17)31-18-5-3-4-6-18/h7,9,11,13,18H,3-6,8,10H2,1-2H3,(H,28,30). The monoisotopic (exact) mass is 437 g/mol. The molecule has 0 radical (unpaired) electrons. The summed E-state index contributed by atoms with van der Waals surface area (Å²) in [6.07, 6.45) is 7.05. The smallest absolute Gasteiger partial charge is 0.224 e. The van der Waals surface area contributed by atoms with Crippen molar-refractivity contribution in [1.82, 2.24) is 14.6 Å². The van der Waals surface area contributed by atoms with E-state index in [0.717, 1.165) is 29.8 Å². The zero-order valence-corrected chi connectivity index (χ0v) is 18.4. The first kappa shape index (κ1) is 21.1. The van der Waals surface area contributed by atoms with Gasteiger partial charge in [-0.3, -0.25) is 4.79 Å². The Morgan fingerprint density at radius 2 is 2.13 bits per heavy atom. The maximum absolute atomic E-state index is 12.5. The largest absolute Gasteiger partial charge is 0.489 e. The third kappa shape index (κ3) is 4.49. The van der Waals surface area contributed by atoms with Crippen LogP contribution in [0.1, 0.15) is 54.6 Å². The van der Waals surface area contributed by atoms with Gasteiger partial charge in [0, 0.05) is 23.5 Å². The lowest BCUT2D eigenvalue weighted by atomic mass is 10.1. The quantitative estimate of drug-likeness (QED) is 0.599. The summed E-state index contributed by atoms with van der Waals surface area (Å²) in [7, 11) is 0. The van der Waals surface area contributed by atoms with Crippen molar-refractivity contribution in [2.75, 3.05) is 5.32 Å². The van der Waals surface area contributed by atoms with Gasteiger partial charge in [-0.15, -0.1) is 0 Å². The predicted molar refractivity (Wildman–Crippen MR) is 118 cm³/mol. The Hall–Kier alpha value is -3.11. The molecule has 2 aromatic heterocycles. The predicted octanol–water partition coefficient (Wildman–Crippen LogP) is 4.76. The van der Waals surface area contributed by atoms with E-state index in [2.05, 4.69) is 21.5 Å². The number of hydrogen-bond acceptors (Lipinski definition) is 5. The lowest BCUT2D eigenvalue weighted by Gasteiger charge is -2.15. The van der Waals surface area contributed by atoms with E-state index in [1.807, 2.05) is 26.0 Å². The van der Waals surface area contributed by atoms with Gasteiger partial charge in [-0.2, -0.15) is 10.4 Å². The molecule has 1 aliphatic carbocycles. The topological polar surface area (TPSA) is 92.3 Å². The number of anilines is 1. The highest BCUT2D eigenvalue weighted by molar-refractivity contribution is 6.32. The fourth-order valence-electron chi connectivity index (χ4n) is 4.07. The van der Waals surface area contributed by atoms with Crippen molar-refractivity contribution < 1.29 is 9.53 Å². The first-order valence-corrected chi connectivity index (χ1v) is 10.8. The molecule has 1 aliphatic rings. The number of aryl methyl sites for hydroxylation is 2. The van der Waals surface area contributed by atoms with Gasteiger partial charge in [0.05, 0.1) is 17.3 Å². The van der Waals surface area contributed by atoms with Gasteiger partial charge in [0.15, 0.2) is 5.65 Å². The molecule has 3 aromatic rings. The molecule has 1 amide bonds. The minimum atomic E-state index is -0.113. The average molecular weight is 438 g/mol. The Labute approximate surface area is 186 Å². The molecule has 31 heavy (non-hydrogen) atoms. The molecule has 0 saturated heterocycles. The maximum Gasteiger partial charge on any atom is 0.224 e. The number of nitriles is 1. The van der Waals surface area contributed by atoms with Crippen LogP contribution in [0.3, 0.4) is 0 Å². The minimum absolute atomic E-state index is 0.113. The summed E-state index contributed by atoms with van der Waals surface area (Å²) in [5.41, 5.74) is 4.25. The zero-order valence-electron chi connectivity index (χ0n) is 17.6. The van der Waals surface area contributed by atoms with Gasteiger partial charge in [0.1, 0.15) is 17.4 Å². The lowest BCUT2D eigenvalue weighted by molar-refractivity contribution is -0.116. The number of carbonyl (C=O) groups is 1. The van der Waals surface area contributed by atoms with Crippen molar-refractivity contribution >= 4 is 28.8 Å². The van der Waals surface area contributed by atoms with E-state index in [1.54, 1.807) is 10.6 Å². The molecule has 1 saturated carbocycles. The molecular weight excluding hydrogens is 414 g/mol. The van der Waals surface area contributed by atoms with Crippen LogP contribution in [0.5, 0.6) is 5.75 Å². The highest BCUT2D eigenvalue weighted by Crippen LogP contribution is 2.32. The molecule has 0 spiro atoms. The summed E-state index contributed by atoms with van der Waals surface area (Å²) in [5, 5.41) is 16.8. The van der Waals surface area contributed by atoms with E-state index in [-0.39, 0.29) is 12.0 Å². The number of rotatable bonds is 6. The normalized spacial score (nSPS) is 14.0. The van der Waals surface area contributed by atoms with Gasteiger partial charge in [-0.1, -0.05) is 11.6 Å². The van der Waals surface area contributed by atoms with Gasteiger partial charge in [0.2, 0.25) is 5.91 Å². The van der Waals surface area contributed by atoms with Crippen molar-refractivity contribution in [3.63, 3.8) is 0 Å². The van der Waals surface area contributed by atoms with Gasteiger partial charge in [-0.05, 0) is 69.7 Å². The summed E-state index contributed by atoms with van der Waals surface area (Å²) in [4.78, 5) is 17.0. The molecule has 1 fully saturated rings. The molecule has 8 heteroatoms. The van der Waals surface area contributed by atoms with Crippen molar-refractivity contribution in [2.45, 2.75) is 58.5 Å². The van der Waals surface area contributed by atoms with Crippen LogP contribution in [0.4, 0.5) is 5.69 Å². The van der Waals surface area contributed by atoms with Crippen LogP contribution >= 0.6 is 11.6 Å². The molecule has 160 valence electrons. The third-order valence-electron chi connectivity index (χ3n) is 5.74. The van der Waals surface area contributed by atoms with Crippen LogP contribution in [-0.2, 0) is 11.2 Å². The minimum Gasteiger partial charge on any atom is -0.489 e. The second-order valence-electron chi connectivity index (χ2n) is 7.88. The van der Waals surface area contributed by atoms with E-state index in [0.29, 0.717) is 40.5 Å². The van der Waals surface area contributed by atoms with E-state index < -0.39 is 0 Å². The van der Waals surface area contributed by atoms with Crippen LogP contribution in [0.15, 0.2) is 24.4 Å². The van der Waals surface area contributed by atoms with Crippen LogP contribution < -0.4 is 10.1 Å². The Bertz CT molecular complexity index is 1170. The van der Waals surface area contributed by atoms with E-state index in [9.17, 15) is 10.1 Å². The summed E-state index contributed by atoms with van der Waals surface area (Å²) in [6.45, 7) is 3.81. The number of benzene rings is 1. The number of nitrogens with one attached hydrogen (secondary N) is 1. The van der Waals surface area contributed by atoms with Gasteiger partial charge in [0.25, 0.3) is 0 Å². The second kappa shape index (κ2) is 8.94. The summed E-state index contributed by atoms with van der Waals surface area (Å²) >= 11 is 6.36. The Morgan fingerprint density at radius 3 is 2.84 bits per heavy atom. The fraction of sp³-hybridized carbons (Fsp3) is 0.391. The van der Waals surface area contributed by atoms with Gasteiger partial charge >= 0.3 is 0 Å². The number of hydrogen-bond donors (Lipinski definition) is 1. The van der Waals surface area contributed by atoms with Crippen LogP contribution in [0.25, 0.3) is 5.65 Å². The van der Waals surface area contributed by atoms with E-state index in [1.165, 1.54) is 19.0 Å². The first-order chi connectivity index (χ1) is 15.0. The molecule has 1 N–H and O–H groups in total. The third-order valence-corrected chi connectivity index (χ3v) is 6.04. The molecular formula is C23H24ClN5O2. The number of halogens is 1. The zero-order chi connectivity index (χ0) is 22.0.